The van der Waals surface area contributed by atoms with Gasteiger partial charge < -0.3 is 10.3 Å². The van der Waals surface area contributed by atoms with Crippen molar-refractivity contribution in [1.82, 2.24) is 30.0 Å². The van der Waals surface area contributed by atoms with Crippen LogP contribution in [0.1, 0.15) is 61.7 Å². The van der Waals surface area contributed by atoms with Crippen LogP contribution in [-0.4, -0.2) is 30.6 Å². The first-order valence-electron chi connectivity index (χ1n) is 9.95. The number of rotatable bonds is 5. The molecule has 0 bridgehead atoms. The maximum absolute atomic E-state index is 13.1. The number of amides is 1. The van der Waals surface area contributed by atoms with Crippen molar-refractivity contribution in [2.45, 2.75) is 46.7 Å². The second kappa shape index (κ2) is 7.31. The van der Waals surface area contributed by atoms with Crippen LogP contribution in [0.2, 0.25) is 0 Å². The van der Waals surface area contributed by atoms with E-state index in [-0.39, 0.29) is 23.9 Å². The summed E-state index contributed by atoms with van der Waals surface area (Å²) in [6, 6.07) is 9.71. The van der Waals surface area contributed by atoms with Crippen molar-refractivity contribution in [2.24, 2.45) is 5.92 Å². The van der Waals surface area contributed by atoms with Crippen molar-refractivity contribution < 1.29 is 4.79 Å². The third-order valence-electron chi connectivity index (χ3n) is 5.15. The molecule has 150 valence electrons. The van der Waals surface area contributed by atoms with Crippen LogP contribution >= 0.6 is 0 Å². The molecule has 0 saturated carbocycles. The molecule has 1 unspecified atom stereocenters. The van der Waals surface area contributed by atoms with Crippen LogP contribution in [0.3, 0.4) is 0 Å². The average molecular weight is 390 g/mol. The lowest BCUT2D eigenvalue weighted by molar-refractivity contribution is 0.0922. The van der Waals surface area contributed by atoms with Gasteiger partial charge in [0.25, 0.3) is 5.91 Å². The number of aromatic amines is 1. The fraction of sp³-hybridized carbons (Fsp3) is 0.364. The molecule has 29 heavy (non-hydrogen) atoms. The molecule has 7 heteroatoms. The van der Waals surface area contributed by atoms with Crippen LogP contribution in [0.15, 0.2) is 36.5 Å². The second-order valence-corrected chi connectivity index (χ2v) is 8.05. The minimum Gasteiger partial charge on any atom is -0.342 e. The molecule has 0 saturated heterocycles. The molecule has 2 N–H and O–H groups in total. The third-order valence-corrected chi connectivity index (χ3v) is 5.15. The van der Waals surface area contributed by atoms with Crippen LogP contribution < -0.4 is 5.32 Å². The maximum Gasteiger partial charge on any atom is 0.253 e. The van der Waals surface area contributed by atoms with Crippen LogP contribution in [0, 0.1) is 12.8 Å². The van der Waals surface area contributed by atoms with Crippen LogP contribution in [0.25, 0.3) is 22.1 Å². The summed E-state index contributed by atoms with van der Waals surface area (Å²) in [5, 5.41) is 8.41. The van der Waals surface area contributed by atoms with Gasteiger partial charge in [-0.05, 0) is 44.9 Å². The lowest BCUT2D eigenvalue weighted by Gasteiger charge is -2.21. The Morgan fingerprint density at radius 3 is 2.59 bits per heavy atom. The monoisotopic (exact) mass is 390 g/mol. The number of carbonyl (C=O) groups is 1. The number of imidazole rings is 1. The largest absolute Gasteiger partial charge is 0.342 e. The van der Waals surface area contributed by atoms with E-state index in [4.69, 9.17) is 0 Å². The van der Waals surface area contributed by atoms with Gasteiger partial charge in [0.1, 0.15) is 5.82 Å². The second-order valence-electron chi connectivity index (χ2n) is 8.05. The van der Waals surface area contributed by atoms with Crippen LogP contribution in [0.4, 0.5) is 0 Å². The summed E-state index contributed by atoms with van der Waals surface area (Å²) in [6.45, 7) is 10.1. The molecule has 4 aromatic rings. The number of nitrogens with one attached hydrogen (secondary N) is 2. The fourth-order valence-electron chi connectivity index (χ4n) is 3.56. The van der Waals surface area contributed by atoms with E-state index in [0.717, 1.165) is 27.9 Å². The van der Waals surface area contributed by atoms with E-state index in [1.807, 2.05) is 41.9 Å². The first kappa shape index (κ1) is 19.1. The van der Waals surface area contributed by atoms with Gasteiger partial charge in [-0.1, -0.05) is 26.0 Å². The van der Waals surface area contributed by atoms with E-state index in [1.54, 1.807) is 6.20 Å². The van der Waals surface area contributed by atoms with Crippen LogP contribution in [-0.2, 0) is 0 Å². The zero-order valence-corrected chi connectivity index (χ0v) is 17.4. The number of aromatic nitrogens is 5. The summed E-state index contributed by atoms with van der Waals surface area (Å²) in [7, 11) is 0. The highest BCUT2D eigenvalue weighted by Crippen LogP contribution is 2.24. The first-order chi connectivity index (χ1) is 13.8. The molecular formula is C22H26N6O. The van der Waals surface area contributed by atoms with Crippen molar-refractivity contribution >= 4 is 28.0 Å². The fourth-order valence-corrected chi connectivity index (χ4v) is 3.56. The number of nitrogens with zero attached hydrogens (tertiary/aromatic N) is 4. The number of benzene rings is 1. The smallest absolute Gasteiger partial charge is 0.253 e. The lowest BCUT2D eigenvalue weighted by atomic mass is 10.0. The Morgan fingerprint density at radius 2 is 1.90 bits per heavy atom. The molecule has 0 radical (unpaired) electrons. The summed E-state index contributed by atoms with van der Waals surface area (Å²) in [6.07, 6.45) is 1.76. The molecule has 0 fully saturated rings. The maximum atomic E-state index is 13.1. The normalized spacial score (nSPS) is 12.9. The Hall–Kier alpha value is -3.22. The van der Waals surface area contributed by atoms with E-state index < -0.39 is 0 Å². The number of H-pyrrole nitrogens is 1. The zero-order chi connectivity index (χ0) is 20.7. The summed E-state index contributed by atoms with van der Waals surface area (Å²) >= 11 is 0. The highest BCUT2D eigenvalue weighted by atomic mass is 16.1. The van der Waals surface area contributed by atoms with Gasteiger partial charge in [0, 0.05) is 11.4 Å². The Morgan fingerprint density at radius 1 is 1.14 bits per heavy atom. The van der Waals surface area contributed by atoms with E-state index in [2.05, 4.69) is 53.1 Å². The molecule has 0 spiro atoms. The van der Waals surface area contributed by atoms with Gasteiger partial charge in [-0.3, -0.25) is 4.79 Å². The summed E-state index contributed by atoms with van der Waals surface area (Å²) in [5.74, 6) is 0.766. The third kappa shape index (κ3) is 3.48. The molecule has 7 nitrogen and oxygen atoms in total. The molecule has 0 aliphatic carbocycles. The molecule has 0 aliphatic rings. The summed E-state index contributed by atoms with van der Waals surface area (Å²) in [4.78, 5) is 25.8. The molecule has 1 amide bonds. The van der Waals surface area contributed by atoms with Gasteiger partial charge in [0.15, 0.2) is 5.65 Å². The summed E-state index contributed by atoms with van der Waals surface area (Å²) in [5.41, 5.74) is 3.89. The SMILES string of the molecule is Cc1nc2c(cnn2C(C)C)cc1C(=O)NC(c1nc2ccccc2[nH]1)C(C)C. The number of pyridine rings is 1. The van der Waals surface area contributed by atoms with E-state index in [0.29, 0.717) is 11.3 Å². The summed E-state index contributed by atoms with van der Waals surface area (Å²) < 4.78 is 1.87. The Bertz CT molecular complexity index is 1150. The van der Waals surface area contributed by atoms with Crippen molar-refractivity contribution in [3.63, 3.8) is 0 Å². The molecule has 3 heterocycles. The lowest BCUT2D eigenvalue weighted by Crippen LogP contribution is -2.33. The van der Waals surface area contributed by atoms with E-state index in [9.17, 15) is 4.79 Å². The van der Waals surface area contributed by atoms with Gasteiger partial charge in [-0.15, -0.1) is 0 Å². The highest BCUT2D eigenvalue weighted by Gasteiger charge is 2.24. The number of carbonyl (C=O) groups excluding carboxylic acids is 1. The van der Waals surface area contributed by atoms with Crippen molar-refractivity contribution in [2.75, 3.05) is 0 Å². The Labute approximate surface area is 169 Å². The minimum absolute atomic E-state index is 0.159. The van der Waals surface area contributed by atoms with Gasteiger partial charge in [0.05, 0.1) is 34.5 Å². The number of hydrogen-bond donors (Lipinski definition) is 2. The first-order valence-corrected chi connectivity index (χ1v) is 9.95. The Kier molecular flexibility index (Phi) is 4.82. The molecule has 1 atom stereocenters. The molecule has 3 aromatic heterocycles. The van der Waals surface area contributed by atoms with Gasteiger partial charge >= 0.3 is 0 Å². The van der Waals surface area contributed by atoms with Gasteiger partial charge in [0.2, 0.25) is 0 Å². The van der Waals surface area contributed by atoms with Gasteiger partial charge in [-0.2, -0.15) is 5.10 Å². The standard InChI is InChI=1S/C22H26N6O/c1-12(2)19(20-25-17-8-6-7-9-18(17)26-20)27-22(29)16-10-15-11-23-28(13(3)4)21(15)24-14(16)5/h6-13,19H,1-5H3,(H,25,26)(H,27,29). The van der Waals surface area contributed by atoms with Crippen molar-refractivity contribution in [3.05, 3.63) is 53.6 Å². The minimum atomic E-state index is -0.233. The van der Waals surface area contributed by atoms with Crippen LogP contribution in [0.5, 0.6) is 0 Å². The Balaban J connectivity index is 1.66. The topological polar surface area (TPSA) is 88.5 Å². The van der Waals surface area contributed by atoms with E-state index >= 15 is 0 Å². The number of para-hydroxylation sites is 2. The number of aryl methyl sites for hydroxylation is 1. The molecule has 1 aromatic carbocycles. The number of fused-ring (bicyclic) bond motifs is 2. The van der Waals surface area contributed by atoms with Gasteiger partial charge in [-0.25, -0.2) is 14.6 Å². The van der Waals surface area contributed by atoms with E-state index in [1.165, 1.54) is 0 Å². The highest BCUT2D eigenvalue weighted by molar-refractivity contribution is 5.98. The molecule has 0 aliphatic heterocycles. The molecular weight excluding hydrogens is 364 g/mol. The molecule has 4 rings (SSSR count). The number of hydrogen-bond acceptors (Lipinski definition) is 4. The van der Waals surface area contributed by atoms with Crippen molar-refractivity contribution in [3.8, 4) is 0 Å². The predicted octanol–water partition coefficient (Wildman–Crippen LogP) is 4.32. The predicted molar refractivity (Wildman–Crippen MR) is 114 cm³/mol. The quantitative estimate of drug-likeness (QED) is 0.531. The zero-order valence-electron chi connectivity index (χ0n) is 17.4. The van der Waals surface area contributed by atoms with Crippen molar-refractivity contribution in [1.29, 1.82) is 0 Å². The average Bonchev–Trinajstić information content (AvgIpc) is 3.28.